The number of aromatic nitrogens is 1. The summed E-state index contributed by atoms with van der Waals surface area (Å²) in [6, 6.07) is 1.97. The zero-order valence-corrected chi connectivity index (χ0v) is 11.3. The first kappa shape index (κ1) is 17.1. The summed E-state index contributed by atoms with van der Waals surface area (Å²) in [4.78, 5) is 21.6. The van der Waals surface area contributed by atoms with Crippen LogP contribution in [0.25, 0.3) is 0 Å². The summed E-state index contributed by atoms with van der Waals surface area (Å²) in [5.74, 6) is -11.2. The lowest BCUT2D eigenvalue weighted by Gasteiger charge is -2.10. The van der Waals surface area contributed by atoms with Gasteiger partial charge in [0.25, 0.3) is 11.2 Å². The second-order valence-corrected chi connectivity index (χ2v) is 4.46. The molecule has 0 radical (unpaired) electrons. The molecule has 124 valence electrons. The van der Waals surface area contributed by atoms with Crippen molar-refractivity contribution in [3.05, 3.63) is 72.9 Å². The molecule has 6 nitrogen and oxygen atoms in total. The molecule has 24 heavy (non-hydrogen) atoms. The van der Waals surface area contributed by atoms with Gasteiger partial charge in [0, 0.05) is 11.6 Å². The number of pyridine rings is 1. The molecule has 1 aromatic heterocycles. The number of rotatable bonds is 3. The first-order valence-electron chi connectivity index (χ1n) is 5.98. The van der Waals surface area contributed by atoms with Crippen LogP contribution in [0.5, 0.6) is 0 Å². The Balaban J connectivity index is 2.70. The lowest BCUT2D eigenvalue weighted by atomic mass is 10.1. The Bertz CT molecular complexity index is 936. The molecule has 0 unspecified atom stereocenters. The summed E-state index contributed by atoms with van der Waals surface area (Å²) < 4.78 is 66.8. The molecular weight excluding hydrogens is 341 g/mol. The van der Waals surface area contributed by atoms with E-state index in [-0.39, 0.29) is 0 Å². The van der Waals surface area contributed by atoms with Gasteiger partial charge in [-0.1, -0.05) is 0 Å². The van der Waals surface area contributed by atoms with Crippen LogP contribution in [0.1, 0.15) is 11.1 Å². The average Bonchev–Trinajstić information content (AvgIpc) is 2.56. The zero-order chi connectivity index (χ0) is 18.2. The lowest BCUT2D eigenvalue weighted by Crippen LogP contribution is -2.24. The summed E-state index contributed by atoms with van der Waals surface area (Å²) in [5.41, 5.74) is -4.05. The van der Waals surface area contributed by atoms with Crippen LogP contribution in [0.4, 0.5) is 27.6 Å². The Morgan fingerprint density at radius 1 is 1.08 bits per heavy atom. The highest BCUT2D eigenvalue weighted by molar-refractivity contribution is 5.38. The van der Waals surface area contributed by atoms with Crippen LogP contribution in [-0.4, -0.2) is 9.49 Å². The number of hydrogen-bond acceptors (Lipinski definition) is 4. The molecule has 0 atom stereocenters. The van der Waals surface area contributed by atoms with Crippen molar-refractivity contribution in [2.24, 2.45) is 0 Å². The third kappa shape index (κ3) is 2.69. The maximum atomic E-state index is 13.6. The first-order chi connectivity index (χ1) is 11.2. The fraction of sp³-hybridized carbons (Fsp3) is 0.0769. The van der Waals surface area contributed by atoms with Gasteiger partial charge >= 0.3 is 0 Å². The highest BCUT2D eigenvalue weighted by Gasteiger charge is 2.26. The Morgan fingerprint density at radius 2 is 1.58 bits per heavy atom. The van der Waals surface area contributed by atoms with Crippen molar-refractivity contribution >= 4 is 5.69 Å². The van der Waals surface area contributed by atoms with Crippen molar-refractivity contribution in [2.45, 2.75) is 6.54 Å². The number of benzene rings is 1. The van der Waals surface area contributed by atoms with Gasteiger partial charge in [-0.3, -0.25) is 14.9 Å². The molecule has 0 amide bonds. The highest BCUT2D eigenvalue weighted by Crippen LogP contribution is 2.24. The SMILES string of the molecule is N#Cc1cc([N+](=O)[O-])cn(Cc2c(F)c(F)c(F)c(F)c2F)c1=O. The van der Waals surface area contributed by atoms with Crippen molar-refractivity contribution in [1.29, 1.82) is 5.26 Å². The Morgan fingerprint density at radius 3 is 2.04 bits per heavy atom. The minimum Gasteiger partial charge on any atom is -0.303 e. The van der Waals surface area contributed by atoms with E-state index < -0.39 is 62.9 Å². The fourth-order valence-corrected chi connectivity index (χ4v) is 1.88. The maximum absolute atomic E-state index is 13.6. The maximum Gasteiger partial charge on any atom is 0.287 e. The van der Waals surface area contributed by atoms with Gasteiger partial charge in [-0.2, -0.15) is 5.26 Å². The molecule has 11 heteroatoms. The minimum atomic E-state index is -2.38. The van der Waals surface area contributed by atoms with Crippen molar-refractivity contribution in [1.82, 2.24) is 4.57 Å². The average molecular weight is 345 g/mol. The van der Waals surface area contributed by atoms with E-state index in [9.17, 15) is 36.9 Å². The van der Waals surface area contributed by atoms with Gasteiger partial charge in [0.05, 0.1) is 17.7 Å². The number of halogens is 5. The topological polar surface area (TPSA) is 88.9 Å². The fourth-order valence-electron chi connectivity index (χ4n) is 1.88. The Labute approximate surface area is 129 Å². The van der Waals surface area contributed by atoms with E-state index in [1.807, 2.05) is 0 Å². The van der Waals surface area contributed by atoms with Gasteiger partial charge in [-0.15, -0.1) is 0 Å². The summed E-state index contributed by atoms with van der Waals surface area (Å²) in [5, 5.41) is 19.5. The van der Waals surface area contributed by atoms with Crippen LogP contribution in [0, 0.1) is 50.5 Å². The number of nitrogens with zero attached hydrogens (tertiary/aromatic N) is 3. The molecule has 0 fully saturated rings. The van der Waals surface area contributed by atoms with Gasteiger partial charge < -0.3 is 4.57 Å². The molecule has 0 saturated carbocycles. The van der Waals surface area contributed by atoms with Gasteiger partial charge in [-0.25, -0.2) is 22.0 Å². The predicted molar refractivity (Wildman–Crippen MR) is 67.4 cm³/mol. The molecular formula is C13H4F5N3O3. The van der Waals surface area contributed by atoms with Gasteiger partial charge in [0.2, 0.25) is 5.82 Å². The highest BCUT2D eigenvalue weighted by atomic mass is 19.2. The molecule has 0 N–H and O–H groups in total. The van der Waals surface area contributed by atoms with E-state index in [0.717, 1.165) is 0 Å². The Hall–Kier alpha value is -3.29. The molecule has 0 bridgehead atoms. The molecule has 0 aliphatic heterocycles. The predicted octanol–water partition coefficient (Wildman–Crippen LogP) is 2.37. The van der Waals surface area contributed by atoms with E-state index in [2.05, 4.69) is 0 Å². The summed E-state index contributed by atoms with van der Waals surface area (Å²) >= 11 is 0. The lowest BCUT2D eigenvalue weighted by molar-refractivity contribution is -0.385. The van der Waals surface area contributed by atoms with Crippen molar-refractivity contribution < 1.29 is 26.9 Å². The van der Waals surface area contributed by atoms with E-state index >= 15 is 0 Å². The molecule has 1 heterocycles. The monoisotopic (exact) mass is 345 g/mol. The molecule has 0 saturated heterocycles. The van der Waals surface area contributed by atoms with Crippen LogP contribution in [-0.2, 0) is 6.54 Å². The minimum absolute atomic E-state index is 0.314. The summed E-state index contributed by atoms with van der Waals surface area (Å²) in [6.07, 6.45) is 0.529. The smallest absolute Gasteiger partial charge is 0.287 e. The molecule has 1 aromatic carbocycles. The number of nitro groups is 1. The standard InChI is InChI=1S/C13H4F5N3O3/c14-8-7(9(15)11(17)12(18)10(8)16)4-20-3-6(21(23)24)1-5(2-19)13(20)22/h1,3H,4H2. The second-order valence-electron chi connectivity index (χ2n) is 4.46. The largest absolute Gasteiger partial charge is 0.303 e. The number of nitriles is 1. The zero-order valence-electron chi connectivity index (χ0n) is 11.3. The molecule has 0 spiro atoms. The van der Waals surface area contributed by atoms with Crippen LogP contribution >= 0.6 is 0 Å². The van der Waals surface area contributed by atoms with Gasteiger partial charge in [0.1, 0.15) is 11.6 Å². The van der Waals surface area contributed by atoms with Crippen LogP contribution in [0.3, 0.4) is 0 Å². The third-order valence-corrected chi connectivity index (χ3v) is 3.03. The van der Waals surface area contributed by atoms with E-state index in [1.165, 1.54) is 6.07 Å². The second kappa shape index (κ2) is 6.07. The molecule has 0 aliphatic carbocycles. The quantitative estimate of drug-likeness (QED) is 0.281. The van der Waals surface area contributed by atoms with Crippen LogP contribution in [0.15, 0.2) is 17.1 Å². The van der Waals surface area contributed by atoms with E-state index in [0.29, 0.717) is 16.8 Å². The number of hydrogen-bond donors (Lipinski definition) is 0. The van der Waals surface area contributed by atoms with E-state index in [4.69, 9.17) is 5.26 Å². The van der Waals surface area contributed by atoms with E-state index in [1.54, 1.807) is 0 Å². The summed E-state index contributed by atoms with van der Waals surface area (Å²) in [7, 11) is 0. The first-order valence-corrected chi connectivity index (χ1v) is 5.98. The van der Waals surface area contributed by atoms with Gasteiger partial charge in [0.15, 0.2) is 23.3 Å². The van der Waals surface area contributed by atoms with Crippen LogP contribution in [0.2, 0.25) is 0 Å². The van der Waals surface area contributed by atoms with Gasteiger partial charge in [-0.05, 0) is 0 Å². The van der Waals surface area contributed by atoms with Crippen molar-refractivity contribution in [2.75, 3.05) is 0 Å². The van der Waals surface area contributed by atoms with Crippen molar-refractivity contribution in [3.8, 4) is 6.07 Å². The van der Waals surface area contributed by atoms with Crippen molar-refractivity contribution in [3.63, 3.8) is 0 Å². The molecule has 0 aliphatic rings. The normalized spacial score (nSPS) is 10.5. The summed E-state index contributed by atoms with van der Waals surface area (Å²) in [6.45, 7) is -1.19. The molecule has 2 aromatic rings. The third-order valence-electron chi connectivity index (χ3n) is 3.03. The molecule has 2 rings (SSSR count). The Kier molecular flexibility index (Phi) is 4.32. The van der Waals surface area contributed by atoms with Crippen LogP contribution < -0.4 is 5.56 Å².